The SMILES string of the molecule is COc1cc(C(CC(=O)O)c2ccc(C)c(CN3CC(C)Oc4cc(OCCOCCNC(=O)C5CCCN5C)ccc4S3)c2)cc2nnn(C)c12. The highest BCUT2D eigenvalue weighted by Gasteiger charge is 2.28. The van der Waals surface area contributed by atoms with Gasteiger partial charge in [-0.2, -0.15) is 0 Å². The molecule has 2 N–H and O–H groups in total. The van der Waals surface area contributed by atoms with Crippen molar-refractivity contribution in [2.45, 2.75) is 62.6 Å². The Bertz CT molecular complexity index is 1890. The van der Waals surface area contributed by atoms with Crippen molar-refractivity contribution in [3.8, 4) is 17.2 Å². The Labute approximate surface area is 308 Å². The summed E-state index contributed by atoms with van der Waals surface area (Å²) >= 11 is 1.64. The maximum Gasteiger partial charge on any atom is 0.304 e. The van der Waals surface area contributed by atoms with Crippen molar-refractivity contribution in [3.05, 3.63) is 70.8 Å². The molecule has 1 amide bonds. The molecule has 2 aliphatic rings. The standard InChI is InChI=1S/C38H48N6O7S/c1-24-8-9-26(30(21-36(45)46)27-18-31-37(34(19-27)48-5)43(4)41-40-31)17-28(24)23-44-22-25(2)51-33-20-29(10-11-35(33)52-44)50-16-15-49-14-12-39-38(47)32-7-6-13-42(32)3/h8-11,17-20,25,30,32H,6-7,12-16,21-23H2,1-5H3,(H,39,47)(H,45,46). The molecule has 2 aliphatic heterocycles. The summed E-state index contributed by atoms with van der Waals surface area (Å²) in [4.78, 5) is 27.5. The molecule has 3 aromatic carbocycles. The third-order valence-corrected chi connectivity index (χ3v) is 10.7. The van der Waals surface area contributed by atoms with E-state index in [4.69, 9.17) is 18.9 Å². The highest BCUT2D eigenvalue weighted by molar-refractivity contribution is 7.97. The van der Waals surface area contributed by atoms with E-state index in [9.17, 15) is 14.7 Å². The number of aryl methyl sites for hydroxylation is 2. The minimum Gasteiger partial charge on any atom is -0.494 e. The maximum atomic E-state index is 12.3. The molecule has 3 atom stereocenters. The maximum absolute atomic E-state index is 12.3. The summed E-state index contributed by atoms with van der Waals surface area (Å²) in [5.74, 6) is 0.829. The van der Waals surface area contributed by atoms with Gasteiger partial charge in [0.25, 0.3) is 0 Å². The Morgan fingerprint density at radius 3 is 2.71 bits per heavy atom. The number of nitrogens with zero attached hydrogens (tertiary/aromatic N) is 5. The van der Waals surface area contributed by atoms with Crippen LogP contribution in [0, 0.1) is 6.92 Å². The molecule has 13 nitrogen and oxygen atoms in total. The van der Waals surface area contributed by atoms with Gasteiger partial charge in [-0.1, -0.05) is 23.4 Å². The van der Waals surface area contributed by atoms with Crippen LogP contribution in [0.5, 0.6) is 17.2 Å². The molecule has 0 bridgehead atoms. The first-order valence-electron chi connectivity index (χ1n) is 17.7. The minimum atomic E-state index is -0.889. The second-order valence-electron chi connectivity index (χ2n) is 13.5. The van der Waals surface area contributed by atoms with E-state index < -0.39 is 11.9 Å². The fraction of sp³-hybridized carbons (Fsp3) is 0.474. The van der Waals surface area contributed by atoms with Gasteiger partial charge in [-0.3, -0.25) is 14.5 Å². The van der Waals surface area contributed by atoms with E-state index in [1.54, 1.807) is 30.8 Å². The van der Waals surface area contributed by atoms with Crippen LogP contribution < -0.4 is 19.5 Å². The molecule has 3 unspecified atom stereocenters. The van der Waals surface area contributed by atoms with E-state index >= 15 is 0 Å². The lowest BCUT2D eigenvalue weighted by Crippen LogP contribution is -2.42. The molecule has 4 aromatic rings. The molecule has 6 rings (SSSR count). The molecule has 0 radical (unpaired) electrons. The molecule has 1 aromatic heterocycles. The topological polar surface area (TPSA) is 141 Å². The molecule has 52 heavy (non-hydrogen) atoms. The Morgan fingerprint density at radius 2 is 1.94 bits per heavy atom. The van der Waals surface area contributed by atoms with Crippen LogP contribution in [0.15, 0.2) is 53.4 Å². The van der Waals surface area contributed by atoms with E-state index in [1.165, 1.54) is 0 Å². The zero-order valence-corrected chi connectivity index (χ0v) is 31.3. The molecule has 0 saturated carbocycles. The number of aliphatic carboxylic acids is 1. The van der Waals surface area contributed by atoms with Gasteiger partial charge < -0.3 is 29.4 Å². The number of carboxylic acids is 1. The highest BCUT2D eigenvalue weighted by atomic mass is 32.2. The number of likely N-dealkylation sites (tertiary alicyclic amines) is 1. The van der Waals surface area contributed by atoms with E-state index in [0.717, 1.165) is 57.8 Å². The van der Waals surface area contributed by atoms with E-state index in [2.05, 4.69) is 50.8 Å². The molecule has 3 heterocycles. The number of aromatic nitrogens is 3. The molecule has 1 fully saturated rings. The fourth-order valence-electron chi connectivity index (χ4n) is 6.89. The molecule has 0 spiro atoms. The molecular formula is C38H48N6O7S. The van der Waals surface area contributed by atoms with Gasteiger partial charge in [0.05, 0.1) is 37.7 Å². The van der Waals surface area contributed by atoms with Crippen molar-refractivity contribution in [2.75, 3.05) is 53.6 Å². The lowest BCUT2D eigenvalue weighted by atomic mass is 9.86. The Balaban J connectivity index is 1.08. The lowest BCUT2D eigenvalue weighted by Gasteiger charge is -2.23. The van der Waals surface area contributed by atoms with Gasteiger partial charge in [0.2, 0.25) is 5.91 Å². The fourth-order valence-corrected chi connectivity index (χ4v) is 7.98. The monoisotopic (exact) mass is 732 g/mol. The second-order valence-corrected chi connectivity index (χ2v) is 14.6. The van der Waals surface area contributed by atoms with Gasteiger partial charge in [-0.25, -0.2) is 8.99 Å². The highest BCUT2D eigenvalue weighted by Crippen LogP contribution is 2.40. The average molecular weight is 733 g/mol. The van der Waals surface area contributed by atoms with Gasteiger partial charge in [-0.15, -0.1) is 5.10 Å². The number of likely N-dealkylation sites (N-methyl/N-ethyl adjacent to an activating group) is 1. The first kappa shape index (κ1) is 37.4. The number of hydrogen-bond donors (Lipinski definition) is 2. The molecular weight excluding hydrogens is 685 g/mol. The van der Waals surface area contributed by atoms with Crippen LogP contribution in [0.25, 0.3) is 11.0 Å². The summed E-state index contributed by atoms with van der Waals surface area (Å²) in [6.07, 6.45) is 1.80. The third kappa shape index (κ3) is 8.98. The van der Waals surface area contributed by atoms with Crippen molar-refractivity contribution in [1.29, 1.82) is 0 Å². The first-order valence-corrected chi connectivity index (χ1v) is 18.5. The summed E-state index contributed by atoms with van der Waals surface area (Å²) in [5, 5.41) is 21.3. The normalized spacial score (nSPS) is 18.4. The molecule has 1 saturated heterocycles. The van der Waals surface area contributed by atoms with Gasteiger partial charge in [0.1, 0.15) is 41.0 Å². The second kappa shape index (κ2) is 17.0. The van der Waals surface area contributed by atoms with Crippen molar-refractivity contribution in [2.24, 2.45) is 7.05 Å². The number of hydrogen-bond acceptors (Lipinski definition) is 11. The number of carbonyl (C=O) groups excluding carboxylic acids is 1. The Kier molecular flexibility index (Phi) is 12.2. The van der Waals surface area contributed by atoms with Gasteiger partial charge in [-0.05, 0) is 98.7 Å². The predicted octanol–water partition coefficient (Wildman–Crippen LogP) is 4.79. The molecule has 14 heteroatoms. The number of amides is 1. The van der Waals surface area contributed by atoms with Gasteiger partial charge in [0.15, 0.2) is 0 Å². The summed E-state index contributed by atoms with van der Waals surface area (Å²) < 4.78 is 27.6. The number of fused-ring (bicyclic) bond motifs is 2. The Hall–Kier alpha value is -4.37. The van der Waals surface area contributed by atoms with E-state index in [0.29, 0.717) is 56.5 Å². The molecule has 278 valence electrons. The lowest BCUT2D eigenvalue weighted by molar-refractivity contribution is -0.137. The zero-order chi connectivity index (χ0) is 36.8. The number of ether oxygens (including phenoxy) is 4. The van der Waals surface area contributed by atoms with Crippen molar-refractivity contribution >= 4 is 34.9 Å². The van der Waals surface area contributed by atoms with Crippen LogP contribution in [0.4, 0.5) is 0 Å². The number of methoxy groups -OCH3 is 1. The van der Waals surface area contributed by atoms with E-state index in [-0.39, 0.29) is 24.5 Å². The van der Waals surface area contributed by atoms with Crippen LogP contribution in [0.3, 0.4) is 0 Å². The van der Waals surface area contributed by atoms with Crippen LogP contribution in [-0.2, 0) is 27.9 Å². The van der Waals surface area contributed by atoms with Crippen molar-refractivity contribution < 1.29 is 33.6 Å². The quantitative estimate of drug-likeness (QED) is 0.128. The molecule has 0 aliphatic carbocycles. The Morgan fingerprint density at radius 1 is 1.10 bits per heavy atom. The van der Waals surface area contributed by atoms with Gasteiger partial charge in [0, 0.05) is 38.7 Å². The predicted molar refractivity (Wildman–Crippen MR) is 198 cm³/mol. The first-order chi connectivity index (χ1) is 25.1. The van der Waals surface area contributed by atoms with Crippen molar-refractivity contribution in [1.82, 2.24) is 29.5 Å². The minimum absolute atomic E-state index is 0.0336. The number of benzene rings is 3. The average Bonchev–Trinajstić information content (AvgIpc) is 3.68. The number of nitrogens with one attached hydrogen (secondary N) is 1. The largest absolute Gasteiger partial charge is 0.494 e. The van der Waals surface area contributed by atoms with Crippen molar-refractivity contribution in [3.63, 3.8) is 0 Å². The van der Waals surface area contributed by atoms with Crippen LogP contribution in [-0.4, -0.2) is 107 Å². The number of rotatable bonds is 15. The zero-order valence-electron chi connectivity index (χ0n) is 30.5. The van der Waals surface area contributed by atoms with Gasteiger partial charge >= 0.3 is 5.97 Å². The summed E-state index contributed by atoms with van der Waals surface area (Å²) in [6.45, 7) is 8.10. The van der Waals surface area contributed by atoms with E-state index in [1.807, 2.05) is 43.4 Å². The number of carbonyl (C=O) groups is 2. The van der Waals surface area contributed by atoms with Crippen LogP contribution in [0.1, 0.15) is 54.4 Å². The van der Waals surface area contributed by atoms with Crippen LogP contribution in [0.2, 0.25) is 0 Å². The summed E-state index contributed by atoms with van der Waals surface area (Å²) in [6, 6.07) is 15.8. The summed E-state index contributed by atoms with van der Waals surface area (Å²) in [7, 11) is 5.38. The van der Waals surface area contributed by atoms with Crippen LogP contribution >= 0.6 is 11.9 Å². The summed E-state index contributed by atoms with van der Waals surface area (Å²) in [5.41, 5.74) is 5.35. The third-order valence-electron chi connectivity index (χ3n) is 9.61. The number of carboxylic acid groups (broad SMARTS) is 1. The smallest absolute Gasteiger partial charge is 0.304 e.